The summed E-state index contributed by atoms with van der Waals surface area (Å²) in [6.45, 7) is 2.29. The molecule has 0 saturated carbocycles. The van der Waals surface area contributed by atoms with E-state index in [1.165, 1.54) is 5.17 Å². The minimum atomic E-state index is -0.757. The summed E-state index contributed by atoms with van der Waals surface area (Å²) in [5.41, 5.74) is 4.09. The van der Waals surface area contributed by atoms with Crippen molar-refractivity contribution in [1.82, 2.24) is 5.17 Å². The van der Waals surface area contributed by atoms with Crippen LogP contribution in [-0.2, 0) is 15.0 Å². The molecule has 0 spiro atoms. The molecule has 1 aliphatic rings. The van der Waals surface area contributed by atoms with E-state index in [9.17, 15) is 4.79 Å². The van der Waals surface area contributed by atoms with Gasteiger partial charge in [-0.25, -0.2) is 4.79 Å². The van der Waals surface area contributed by atoms with Crippen LogP contribution in [0.25, 0.3) is 0 Å². The summed E-state index contributed by atoms with van der Waals surface area (Å²) >= 11 is 0. The van der Waals surface area contributed by atoms with Gasteiger partial charge in [0, 0.05) is 0 Å². The van der Waals surface area contributed by atoms with Gasteiger partial charge in [-0.15, -0.1) is 0 Å². The van der Waals surface area contributed by atoms with Crippen LogP contribution in [0.3, 0.4) is 0 Å². The summed E-state index contributed by atoms with van der Waals surface area (Å²) in [5, 5.41) is 1.48. The number of hydrogen-bond donors (Lipinski definition) is 1. The van der Waals surface area contributed by atoms with Crippen molar-refractivity contribution >= 4 is 11.7 Å². The highest BCUT2D eigenvalue weighted by molar-refractivity contribution is 5.84. The smallest absolute Gasteiger partial charge is 0.339 e. The minimum absolute atomic E-state index is 0.289. The Hall–Kier alpha value is -3.31. The monoisotopic (exact) mass is 360 g/mol. The Morgan fingerprint density at radius 3 is 2.15 bits per heavy atom. The predicted octanol–water partition coefficient (Wildman–Crippen LogP) is 4.54. The van der Waals surface area contributed by atoms with Crippen molar-refractivity contribution in [3.63, 3.8) is 0 Å². The molecule has 0 aromatic heterocycles. The highest BCUT2D eigenvalue weighted by Crippen LogP contribution is 2.34. The number of benzene rings is 3. The number of para-hydroxylation sites is 2. The quantitative estimate of drug-likeness (QED) is 0.724. The van der Waals surface area contributed by atoms with E-state index in [0.29, 0.717) is 6.54 Å². The first-order valence-electron chi connectivity index (χ1n) is 8.79. The van der Waals surface area contributed by atoms with Crippen LogP contribution in [-0.4, -0.2) is 17.7 Å². The second-order valence-electron chi connectivity index (χ2n) is 6.66. The Balaban J connectivity index is 1.47. The molecule has 4 rings (SSSR count). The third-order valence-electron chi connectivity index (χ3n) is 4.60. The Morgan fingerprint density at radius 2 is 1.48 bits per heavy atom. The maximum Gasteiger partial charge on any atom is 0.339 e. The van der Waals surface area contributed by atoms with Gasteiger partial charge in [0.25, 0.3) is 0 Å². The van der Waals surface area contributed by atoms with Gasteiger partial charge in [0.05, 0.1) is 12.2 Å². The van der Waals surface area contributed by atoms with Gasteiger partial charge in [0.1, 0.15) is 16.9 Å². The molecule has 5 nitrogen and oxygen atoms in total. The Bertz CT molecular complexity index is 913. The molecule has 0 radical (unpaired) electrons. The molecular formula is C22H20N2O3. The van der Waals surface area contributed by atoms with E-state index in [-0.39, 0.29) is 5.97 Å². The second-order valence-corrected chi connectivity index (χ2v) is 6.66. The molecule has 1 saturated heterocycles. The lowest BCUT2D eigenvalue weighted by Gasteiger charge is -2.20. The molecule has 136 valence electrons. The van der Waals surface area contributed by atoms with Crippen molar-refractivity contribution in [3.8, 4) is 11.5 Å². The topological polar surface area (TPSA) is 50.8 Å². The summed E-state index contributed by atoms with van der Waals surface area (Å²) in [6.07, 6.45) is 0. The van der Waals surface area contributed by atoms with Crippen molar-refractivity contribution in [1.29, 1.82) is 0 Å². The highest BCUT2D eigenvalue weighted by atomic mass is 16.7. The van der Waals surface area contributed by atoms with Gasteiger partial charge in [0.15, 0.2) is 0 Å². The van der Waals surface area contributed by atoms with Gasteiger partial charge < -0.3 is 9.57 Å². The highest BCUT2D eigenvalue weighted by Gasteiger charge is 2.46. The second kappa shape index (κ2) is 7.13. The van der Waals surface area contributed by atoms with Crippen molar-refractivity contribution in [2.45, 2.75) is 12.3 Å². The van der Waals surface area contributed by atoms with Gasteiger partial charge >= 0.3 is 5.97 Å². The van der Waals surface area contributed by atoms with Gasteiger partial charge in [-0.05, 0) is 54.1 Å². The van der Waals surface area contributed by atoms with Crippen LogP contribution in [0.4, 0.5) is 5.69 Å². The summed E-state index contributed by atoms with van der Waals surface area (Å²) in [6, 6.07) is 26.8. The number of hydroxylamine groups is 1. The molecule has 1 aliphatic heterocycles. The molecular weight excluding hydrogens is 340 g/mol. The van der Waals surface area contributed by atoms with Crippen molar-refractivity contribution in [3.05, 3.63) is 90.5 Å². The lowest BCUT2D eigenvalue weighted by atomic mass is 9.83. The Labute approximate surface area is 158 Å². The Kier molecular flexibility index (Phi) is 4.52. The number of ether oxygens (including phenoxy) is 1. The number of hydrogen-bond acceptors (Lipinski definition) is 5. The van der Waals surface area contributed by atoms with Gasteiger partial charge in [-0.2, -0.15) is 0 Å². The van der Waals surface area contributed by atoms with E-state index in [0.717, 1.165) is 22.7 Å². The summed E-state index contributed by atoms with van der Waals surface area (Å²) < 4.78 is 5.82. The number of carbonyl (C=O) groups is 1. The van der Waals surface area contributed by atoms with E-state index < -0.39 is 5.41 Å². The number of rotatable bonds is 5. The van der Waals surface area contributed by atoms with E-state index in [2.05, 4.69) is 5.43 Å². The average Bonchev–Trinajstić information content (AvgIpc) is 2.98. The number of nitrogens with one attached hydrogen (secondary N) is 1. The van der Waals surface area contributed by atoms with Gasteiger partial charge in [-0.1, -0.05) is 48.5 Å². The summed E-state index contributed by atoms with van der Waals surface area (Å²) in [7, 11) is 0. The zero-order chi connectivity index (χ0) is 18.7. The van der Waals surface area contributed by atoms with Crippen LogP contribution < -0.4 is 10.2 Å². The van der Waals surface area contributed by atoms with E-state index in [1.54, 1.807) is 0 Å². The van der Waals surface area contributed by atoms with E-state index >= 15 is 0 Å². The van der Waals surface area contributed by atoms with Gasteiger partial charge in [-0.3, -0.25) is 5.43 Å². The fourth-order valence-electron chi connectivity index (χ4n) is 3.03. The van der Waals surface area contributed by atoms with Crippen LogP contribution in [0.2, 0.25) is 0 Å². The molecule has 1 heterocycles. The SMILES string of the molecule is CC1(c2ccc(Oc3ccccc3)cc2)CN(Nc2ccccc2)OC1=O. The van der Waals surface area contributed by atoms with Crippen molar-refractivity contribution in [2.75, 3.05) is 12.0 Å². The molecule has 0 amide bonds. The molecule has 1 fully saturated rings. The number of carbonyl (C=O) groups excluding carboxylic acids is 1. The van der Waals surface area contributed by atoms with E-state index in [4.69, 9.17) is 9.57 Å². The maximum absolute atomic E-state index is 12.5. The fraction of sp³-hybridized carbons (Fsp3) is 0.136. The summed E-state index contributed by atoms with van der Waals surface area (Å²) in [5.74, 6) is 1.21. The molecule has 5 heteroatoms. The van der Waals surface area contributed by atoms with Crippen LogP contribution >= 0.6 is 0 Å². The van der Waals surface area contributed by atoms with Crippen LogP contribution in [0, 0.1) is 0 Å². The first-order chi connectivity index (χ1) is 13.1. The molecule has 0 aliphatic carbocycles. The third-order valence-corrected chi connectivity index (χ3v) is 4.60. The molecule has 1 N–H and O–H groups in total. The third kappa shape index (κ3) is 3.64. The molecule has 1 unspecified atom stereocenters. The maximum atomic E-state index is 12.5. The molecule has 1 atom stereocenters. The zero-order valence-corrected chi connectivity index (χ0v) is 15.0. The molecule has 3 aromatic rings. The van der Waals surface area contributed by atoms with Crippen molar-refractivity contribution in [2.24, 2.45) is 0 Å². The first kappa shape index (κ1) is 17.1. The van der Waals surface area contributed by atoms with Crippen LogP contribution in [0.15, 0.2) is 84.9 Å². The number of hydrazine groups is 1. The number of anilines is 1. The largest absolute Gasteiger partial charge is 0.457 e. The van der Waals surface area contributed by atoms with Crippen LogP contribution in [0.5, 0.6) is 11.5 Å². The predicted molar refractivity (Wildman–Crippen MR) is 103 cm³/mol. The summed E-state index contributed by atoms with van der Waals surface area (Å²) in [4.78, 5) is 18.0. The molecule has 27 heavy (non-hydrogen) atoms. The lowest BCUT2D eigenvalue weighted by molar-refractivity contribution is -0.166. The van der Waals surface area contributed by atoms with Gasteiger partial charge in [0.2, 0.25) is 0 Å². The first-order valence-corrected chi connectivity index (χ1v) is 8.79. The van der Waals surface area contributed by atoms with Crippen LogP contribution in [0.1, 0.15) is 12.5 Å². The van der Waals surface area contributed by atoms with E-state index in [1.807, 2.05) is 91.9 Å². The standard InChI is InChI=1S/C22H20N2O3/c1-22(16-24(27-21(22)25)23-18-8-4-2-5-9-18)17-12-14-20(15-13-17)26-19-10-6-3-7-11-19/h2-15,23H,16H2,1H3. The number of nitrogens with zero attached hydrogens (tertiary/aromatic N) is 1. The Morgan fingerprint density at radius 1 is 0.889 bits per heavy atom. The van der Waals surface area contributed by atoms with Crippen molar-refractivity contribution < 1.29 is 14.4 Å². The minimum Gasteiger partial charge on any atom is -0.457 e. The normalized spacial score (nSPS) is 19.5. The lowest BCUT2D eigenvalue weighted by Crippen LogP contribution is -2.33. The zero-order valence-electron chi connectivity index (χ0n) is 15.0. The molecule has 0 bridgehead atoms. The average molecular weight is 360 g/mol. The molecule has 3 aromatic carbocycles. The fourth-order valence-corrected chi connectivity index (χ4v) is 3.03.